The van der Waals surface area contributed by atoms with Gasteiger partial charge < -0.3 is 10.1 Å². The largest absolute Gasteiger partial charge is 0.454 e. The summed E-state index contributed by atoms with van der Waals surface area (Å²) in [6, 6.07) is 26.3. The van der Waals surface area contributed by atoms with Crippen LogP contribution in [0.25, 0.3) is 22.3 Å². The van der Waals surface area contributed by atoms with Crippen molar-refractivity contribution in [2.75, 3.05) is 16.3 Å². The molecule has 0 aromatic heterocycles. The van der Waals surface area contributed by atoms with Crippen molar-refractivity contribution in [1.29, 1.82) is 0 Å². The summed E-state index contributed by atoms with van der Waals surface area (Å²) in [6.45, 7) is 2.04. The Morgan fingerprint density at radius 1 is 0.765 bits per heavy atom. The number of nitrogens with one attached hydrogen (secondary N) is 2. The third kappa shape index (κ3) is 4.51. The van der Waals surface area contributed by atoms with Crippen LogP contribution in [0.15, 0.2) is 84.9 Å². The molecule has 0 saturated carbocycles. The first-order valence-corrected chi connectivity index (χ1v) is 12.6. The van der Waals surface area contributed by atoms with Crippen LogP contribution >= 0.6 is 0 Å². The van der Waals surface area contributed by atoms with Crippen LogP contribution in [-0.2, 0) is 10.0 Å². The SMILES string of the molecule is Cc1ccc(-c2ccc3c(c2)NC(=O)c2cc(-c4cccc(NS(C)(=O)=O)c4)ccc2O3)cc1. The summed E-state index contributed by atoms with van der Waals surface area (Å²) in [7, 11) is -3.39. The van der Waals surface area contributed by atoms with E-state index in [0.29, 0.717) is 28.4 Å². The minimum Gasteiger partial charge on any atom is -0.454 e. The molecule has 34 heavy (non-hydrogen) atoms. The molecule has 0 radical (unpaired) electrons. The molecule has 0 unspecified atom stereocenters. The molecule has 0 atom stereocenters. The minimum atomic E-state index is -3.39. The van der Waals surface area contributed by atoms with Crippen LogP contribution < -0.4 is 14.8 Å². The lowest BCUT2D eigenvalue weighted by molar-refractivity contribution is 0.102. The summed E-state index contributed by atoms with van der Waals surface area (Å²) in [5, 5.41) is 2.97. The minimum absolute atomic E-state index is 0.276. The molecular formula is C27H22N2O4S. The zero-order chi connectivity index (χ0) is 23.9. The van der Waals surface area contributed by atoms with Crippen molar-refractivity contribution in [3.05, 3.63) is 96.1 Å². The van der Waals surface area contributed by atoms with Gasteiger partial charge >= 0.3 is 0 Å². The summed E-state index contributed by atoms with van der Waals surface area (Å²) >= 11 is 0. The molecule has 0 spiro atoms. The fraction of sp³-hybridized carbons (Fsp3) is 0.0741. The monoisotopic (exact) mass is 470 g/mol. The van der Waals surface area contributed by atoms with Gasteiger partial charge in [-0.1, -0.05) is 54.1 Å². The molecular weight excluding hydrogens is 448 g/mol. The van der Waals surface area contributed by atoms with Crippen LogP contribution in [0.1, 0.15) is 15.9 Å². The molecule has 2 N–H and O–H groups in total. The summed E-state index contributed by atoms with van der Waals surface area (Å²) in [5.74, 6) is 0.741. The number of anilines is 2. The zero-order valence-electron chi connectivity index (χ0n) is 18.6. The molecule has 0 bridgehead atoms. The van der Waals surface area contributed by atoms with Crippen LogP contribution in [0.2, 0.25) is 0 Å². The fourth-order valence-corrected chi connectivity index (χ4v) is 4.46. The highest BCUT2D eigenvalue weighted by Crippen LogP contribution is 2.39. The Balaban J connectivity index is 1.48. The molecule has 0 fully saturated rings. The van der Waals surface area contributed by atoms with Crippen LogP contribution in [0.4, 0.5) is 11.4 Å². The molecule has 4 aromatic rings. The molecule has 1 aliphatic rings. The lowest BCUT2D eigenvalue weighted by Gasteiger charge is -2.11. The van der Waals surface area contributed by atoms with E-state index in [9.17, 15) is 13.2 Å². The first-order valence-electron chi connectivity index (χ1n) is 10.7. The van der Waals surface area contributed by atoms with Gasteiger partial charge in [-0.05, 0) is 65.6 Å². The number of fused-ring (bicyclic) bond motifs is 2. The van der Waals surface area contributed by atoms with E-state index in [4.69, 9.17) is 4.74 Å². The molecule has 170 valence electrons. The van der Waals surface area contributed by atoms with Crippen molar-refractivity contribution in [1.82, 2.24) is 0 Å². The molecule has 1 aliphatic heterocycles. The molecule has 4 aromatic carbocycles. The number of benzene rings is 4. The first-order chi connectivity index (χ1) is 16.2. The van der Waals surface area contributed by atoms with E-state index < -0.39 is 10.0 Å². The Morgan fingerprint density at radius 3 is 2.15 bits per heavy atom. The van der Waals surface area contributed by atoms with Gasteiger partial charge in [-0.3, -0.25) is 9.52 Å². The van der Waals surface area contributed by atoms with Gasteiger partial charge in [0, 0.05) is 5.69 Å². The predicted octanol–water partition coefficient (Wildman–Crippen LogP) is 6.06. The Morgan fingerprint density at radius 2 is 1.41 bits per heavy atom. The standard InChI is InChI=1S/C27H22N2O4S/c1-17-6-8-18(9-7-17)21-11-13-26-24(16-21)28-27(30)23-15-20(10-12-25(23)33-26)19-4-3-5-22(14-19)29-34(2,31)32/h3-16,29H,1-2H3,(H,28,30). The molecule has 0 aliphatic carbocycles. The number of rotatable bonds is 4. The summed E-state index contributed by atoms with van der Waals surface area (Å²) in [5.41, 5.74) is 6.19. The number of ether oxygens (including phenoxy) is 1. The highest BCUT2D eigenvalue weighted by Gasteiger charge is 2.22. The average molecular weight is 471 g/mol. The summed E-state index contributed by atoms with van der Waals surface area (Å²) in [6.07, 6.45) is 1.10. The normalized spacial score (nSPS) is 12.6. The van der Waals surface area contributed by atoms with Gasteiger partial charge in [-0.25, -0.2) is 8.42 Å². The third-order valence-electron chi connectivity index (χ3n) is 5.56. The number of sulfonamides is 1. The van der Waals surface area contributed by atoms with Crippen molar-refractivity contribution in [3.63, 3.8) is 0 Å². The van der Waals surface area contributed by atoms with Gasteiger partial charge in [-0.15, -0.1) is 0 Å². The Kier molecular flexibility index (Phi) is 5.34. The lowest BCUT2D eigenvalue weighted by atomic mass is 10.0. The Labute approximate surface area is 198 Å². The van der Waals surface area contributed by atoms with Crippen molar-refractivity contribution in [2.24, 2.45) is 0 Å². The molecule has 7 heteroatoms. The first kappa shape index (κ1) is 21.7. The highest BCUT2D eigenvalue weighted by molar-refractivity contribution is 7.92. The Bertz CT molecular complexity index is 1530. The van der Waals surface area contributed by atoms with Gasteiger partial charge in [-0.2, -0.15) is 0 Å². The molecule has 1 amide bonds. The second-order valence-electron chi connectivity index (χ2n) is 8.30. The van der Waals surface area contributed by atoms with E-state index in [1.807, 2.05) is 61.5 Å². The maximum atomic E-state index is 13.1. The van der Waals surface area contributed by atoms with Gasteiger partial charge in [0.05, 0.1) is 17.5 Å². The highest BCUT2D eigenvalue weighted by atomic mass is 32.2. The van der Waals surface area contributed by atoms with Crippen molar-refractivity contribution in [3.8, 4) is 33.8 Å². The second kappa shape index (κ2) is 8.35. The number of aryl methyl sites for hydroxylation is 1. The van der Waals surface area contributed by atoms with E-state index in [2.05, 4.69) is 10.0 Å². The van der Waals surface area contributed by atoms with Crippen molar-refractivity contribution < 1.29 is 17.9 Å². The zero-order valence-corrected chi connectivity index (χ0v) is 19.4. The molecule has 0 saturated heterocycles. The molecule has 6 nitrogen and oxygen atoms in total. The molecule has 5 rings (SSSR count). The van der Waals surface area contributed by atoms with Crippen LogP contribution in [0.3, 0.4) is 0 Å². The number of hydrogen-bond donors (Lipinski definition) is 2. The van der Waals surface area contributed by atoms with Crippen molar-refractivity contribution >= 4 is 27.3 Å². The van der Waals surface area contributed by atoms with Crippen LogP contribution in [-0.4, -0.2) is 20.6 Å². The fourth-order valence-electron chi connectivity index (χ4n) is 3.90. The third-order valence-corrected chi connectivity index (χ3v) is 6.16. The average Bonchev–Trinajstić information content (AvgIpc) is 2.93. The topological polar surface area (TPSA) is 84.5 Å². The lowest BCUT2D eigenvalue weighted by Crippen LogP contribution is -2.10. The number of amides is 1. The smallest absolute Gasteiger partial charge is 0.259 e. The maximum Gasteiger partial charge on any atom is 0.259 e. The van der Waals surface area contributed by atoms with E-state index in [0.717, 1.165) is 28.5 Å². The number of hydrogen-bond acceptors (Lipinski definition) is 4. The van der Waals surface area contributed by atoms with Crippen LogP contribution in [0, 0.1) is 6.92 Å². The van der Waals surface area contributed by atoms with Crippen molar-refractivity contribution in [2.45, 2.75) is 6.92 Å². The predicted molar refractivity (Wildman–Crippen MR) is 135 cm³/mol. The van der Waals surface area contributed by atoms with Gasteiger partial charge in [0.1, 0.15) is 5.75 Å². The quantitative estimate of drug-likeness (QED) is 0.380. The summed E-state index contributed by atoms with van der Waals surface area (Å²) < 4.78 is 31.7. The number of carbonyl (C=O) groups is 1. The van der Waals surface area contributed by atoms with E-state index in [1.165, 1.54) is 5.56 Å². The van der Waals surface area contributed by atoms with Gasteiger partial charge in [0.2, 0.25) is 10.0 Å². The van der Waals surface area contributed by atoms with E-state index in [1.54, 1.807) is 30.3 Å². The maximum absolute atomic E-state index is 13.1. The van der Waals surface area contributed by atoms with Gasteiger partial charge in [0.25, 0.3) is 5.91 Å². The number of carbonyl (C=O) groups excluding carboxylic acids is 1. The van der Waals surface area contributed by atoms with E-state index >= 15 is 0 Å². The van der Waals surface area contributed by atoms with Crippen LogP contribution in [0.5, 0.6) is 11.5 Å². The van der Waals surface area contributed by atoms with Gasteiger partial charge in [0.15, 0.2) is 5.75 Å². The molecule has 1 heterocycles. The Hall–Kier alpha value is -4.10. The summed E-state index contributed by atoms with van der Waals surface area (Å²) in [4.78, 5) is 13.1. The van der Waals surface area contributed by atoms with E-state index in [-0.39, 0.29) is 5.91 Å². The second-order valence-corrected chi connectivity index (χ2v) is 10.0.